The normalized spacial score (nSPS) is 10.9. The maximum absolute atomic E-state index is 11.4. The van der Waals surface area contributed by atoms with Crippen LogP contribution >= 0.6 is 0 Å². The fraction of sp³-hybridized carbons (Fsp3) is 0.120. The maximum atomic E-state index is 11.4. The standard InChI is InChI=1S/C25H22N4O4/c1-18(2)22-5-3-4-6-23(22)26-13-9-19(10-14-26)20-11-15-27(16-12-20)24-8-7-21(28(30)31)17-25(24)29(32)33/h3-18H,1-2H3/q+2. The molecule has 0 N–H and O–H groups in total. The van der Waals surface area contributed by atoms with Crippen LogP contribution in [0.5, 0.6) is 0 Å². The molecule has 4 rings (SSSR count). The molecule has 0 aliphatic rings. The smallest absolute Gasteiger partial charge is 0.258 e. The van der Waals surface area contributed by atoms with Crippen LogP contribution in [0.2, 0.25) is 0 Å². The van der Waals surface area contributed by atoms with Crippen molar-refractivity contribution in [3.05, 3.63) is 117 Å². The van der Waals surface area contributed by atoms with Crippen LogP contribution in [0.3, 0.4) is 0 Å². The highest BCUT2D eigenvalue weighted by Crippen LogP contribution is 2.25. The monoisotopic (exact) mass is 442 g/mol. The molecule has 2 heterocycles. The zero-order valence-corrected chi connectivity index (χ0v) is 18.2. The molecule has 0 fully saturated rings. The Morgan fingerprint density at radius 1 is 0.697 bits per heavy atom. The van der Waals surface area contributed by atoms with Crippen molar-refractivity contribution in [3.63, 3.8) is 0 Å². The molecule has 0 aliphatic carbocycles. The van der Waals surface area contributed by atoms with Crippen molar-refractivity contribution in [1.29, 1.82) is 0 Å². The number of hydrogen-bond acceptors (Lipinski definition) is 4. The van der Waals surface area contributed by atoms with Gasteiger partial charge in [0.2, 0.25) is 5.69 Å². The van der Waals surface area contributed by atoms with Crippen LogP contribution in [0.15, 0.2) is 91.5 Å². The minimum absolute atomic E-state index is 0.258. The molecule has 0 saturated heterocycles. The number of para-hydroxylation sites is 1. The molecule has 0 unspecified atom stereocenters. The van der Waals surface area contributed by atoms with Crippen molar-refractivity contribution < 1.29 is 19.0 Å². The number of benzene rings is 2. The Hall–Kier alpha value is -4.46. The third-order valence-electron chi connectivity index (χ3n) is 5.47. The summed E-state index contributed by atoms with van der Waals surface area (Å²) in [7, 11) is 0. The fourth-order valence-electron chi connectivity index (χ4n) is 3.76. The molecule has 8 heteroatoms. The predicted octanol–water partition coefficient (Wildman–Crippen LogP) is 4.85. The van der Waals surface area contributed by atoms with Gasteiger partial charge in [0.1, 0.15) is 6.07 Å². The number of nitro groups is 2. The highest BCUT2D eigenvalue weighted by Gasteiger charge is 2.26. The first-order valence-electron chi connectivity index (χ1n) is 10.4. The lowest BCUT2D eigenvalue weighted by Gasteiger charge is -2.08. The zero-order chi connectivity index (χ0) is 23.5. The first-order chi connectivity index (χ1) is 15.8. The van der Waals surface area contributed by atoms with Gasteiger partial charge in [-0.15, -0.1) is 0 Å². The van der Waals surface area contributed by atoms with Gasteiger partial charge in [0.25, 0.3) is 11.4 Å². The topological polar surface area (TPSA) is 94.0 Å². The number of aromatic nitrogens is 2. The van der Waals surface area contributed by atoms with Gasteiger partial charge in [-0.1, -0.05) is 32.0 Å². The van der Waals surface area contributed by atoms with Crippen LogP contribution in [0.25, 0.3) is 22.5 Å². The van der Waals surface area contributed by atoms with Crippen molar-refractivity contribution in [1.82, 2.24) is 0 Å². The summed E-state index contributed by atoms with van der Waals surface area (Å²) in [6.45, 7) is 4.34. The van der Waals surface area contributed by atoms with Gasteiger partial charge < -0.3 is 0 Å². The highest BCUT2D eigenvalue weighted by atomic mass is 16.6. The quantitative estimate of drug-likeness (QED) is 0.242. The van der Waals surface area contributed by atoms with E-state index in [4.69, 9.17) is 0 Å². The van der Waals surface area contributed by atoms with Gasteiger partial charge in [0.05, 0.1) is 9.85 Å². The molecule has 2 aromatic carbocycles. The Balaban J connectivity index is 1.64. The number of pyridine rings is 2. The molecule has 33 heavy (non-hydrogen) atoms. The SMILES string of the molecule is CC(C)c1ccccc1-[n+]1ccc(-c2cc[n+](-c3ccc([N+](=O)[O-])cc3[N+](=O)[O-])cc2)cc1. The summed E-state index contributed by atoms with van der Waals surface area (Å²) in [5.74, 6) is 0.404. The van der Waals surface area contributed by atoms with E-state index in [9.17, 15) is 20.2 Å². The Kier molecular flexibility index (Phi) is 5.91. The summed E-state index contributed by atoms with van der Waals surface area (Å²) in [6.07, 6.45) is 7.44. The van der Waals surface area contributed by atoms with Gasteiger partial charge in [0, 0.05) is 48.0 Å². The van der Waals surface area contributed by atoms with Crippen molar-refractivity contribution in [3.8, 4) is 22.5 Å². The second kappa shape index (κ2) is 8.96. The second-order valence-electron chi connectivity index (χ2n) is 7.89. The predicted molar refractivity (Wildman–Crippen MR) is 122 cm³/mol. The lowest BCUT2D eigenvalue weighted by atomic mass is 10.0. The van der Waals surface area contributed by atoms with Crippen LogP contribution in [-0.4, -0.2) is 9.85 Å². The van der Waals surface area contributed by atoms with E-state index < -0.39 is 9.85 Å². The Labute approximate surface area is 190 Å². The molecule has 0 amide bonds. The third kappa shape index (κ3) is 4.45. The van der Waals surface area contributed by atoms with Gasteiger partial charge in [-0.25, -0.2) is 0 Å². The Morgan fingerprint density at radius 3 is 1.76 bits per heavy atom. The Bertz CT molecular complexity index is 1330. The van der Waals surface area contributed by atoms with E-state index in [0.29, 0.717) is 5.92 Å². The average molecular weight is 442 g/mol. The van der Waals surface area contributed by atoms with Crippen molar-refractivity contribution in [2.75, 3.05) is 0 Å². The molecule has 4 aromatic rings. The van der Waals surface area contributed by atoms with Gasteiger partial charge >= 0.3 is 5.69 Å². The second-order valence-corrected chi connectivity index (χ2v) is 7.89. The van der Waals surface area contributed by atoms with Gasteiger partial charge in [0.15, 0.2) is 24.8 Å². The maximum Gasteiger partial charge on any atom is 0.347 e. The van der Waals surface area contributed by atoms with E-state index >= 15 is 0 Å². The number of nitro benzene ring substituents is 2. The van der Waals surface area contributed by atoms with Crippen LogP contribution in [-0.2, 0) is 0 Å². The largest absolute Gasteiger partial charge is 0.347 e. The average Bonchev–Trinajstić information content (AvgIpc) is 2.84. The van der Waals surface area contributed by atoms with E-state index in [2.05, 4.69) is 30.5 Å². The van der Waals surface area contributed by atoms with Gasteiger partial charge in [-0.3, -0.25) is 20.2 Å². The Morgan fingerprint density at radius 2 is 1.24 bits per heavy atom. The van der Waals surface area contributed by atoms with Crippen molar-refractivity contribution in [2.45, 2.75) is 19.8 Å². The minimum atomic E-state index is -0.647. The molecule has 0 saturated carbocycles. The molecule has 0 radical (unpaired) electrons. The zero-order valence-electron chi connectivity index (χ0n) is 18.2. The fourth-order valence-corrected chi connectivity index (χ4v) is 3.76. The highest BCUT2D eigenvalue weighted by molar-refractivity contribution is 5.61. The number of nitrogens with zero attached hydrogens (tertiary/aromatic N) is 4. The first-order valence-corrected chi connectivity index (χ1v) is 10.4. The lowest BCUT2D eigenvalue weighted by molar-refractivity contribution is -0.600. The number of rotatable bonds is 6. The summed E-state index contributed by atoms with van der Waals surface area (Å²) < 4.78 is 3.66. The third-order valence-corrected chi connectivity index (χ3v) is 5.47. The van der Waals surface area contributed by atoms with E-state index in [1.165, 1.54) is 17.7 Å². The summed E-state index contributed by atoms with van der Waals surface area (Å²) in [5, 5.41) is 22.4. The minimum Gasteiger partial charge on any atom is -0.258 e. The molecule has 164 valence electrons. The molecular weight excluding hydrogens is 420 g/mol. The van der Waals surface area contributed by atoms with E-state index in [1.54, 1.807) is 17.0 Å². The summed E-state index contributed by atoms with van der Waals surface area (Å²) in [6, 6.07) is 19.7. The van der Waals surface area contributed by atoms with Gasteiger partial charge in [-0.2, -0.15) is 9.13 Å². The summed E-state index contributed by atoms with van der Waals surface area (Å²) >= 11 is 0. The molecule has 0 aliphatic heterocycles. The number of hydrogen-bond donors (Lipinski definition) is 0. The van der Waals surface area contributed by atoms with Crippen molar-refractivity contribution in [2.24, 2.45) is 0 Å². The van der Waals surface area contributed by atoms with Crippen LogP contribution in [0.4, 0.5) is 11.4 Å². The summed E-state index contributed by atoms with van der Waals surface area (Å²) in [5.41, 5.74) is 3.95. The van der Waals surface area contributed by atoms with Gasteiger partial charge in [-0.05, 0) is 17.0 Å². The molecule has 0 spiro atoms. The molecular formula is C25H22N4O4+2. The summed E-state index contributed by atoms with van der Waals surface area (Å²) in [4.78, 5) is 21.1. The molecule has 8 nitrogen and oxygen atoms in total. The van der Waals surface area contributed by atoms with Crippen LogP contribution in [0.1, 0.15) is 25.3 Å². The lowest BCUT2D eigenvalue weighted by Crippen LogP contribution is -2.31. The van der Waals surface area contributed by atoms with E-state index in [-0.39, 0.29) is 17.1 Å². The first kappa shape index (κ1) is 21.8. The molecule has 0 atom stereocenters. The molecule has 0 bridgehead atoms. The van der Waals surface area contributed by atoms with Crippen molar-refractivity contribution >= 4 is 11.4 Å². The van der Waals surface area contributed by atoms with Crippen LogP contribution in [0, 0.1) is 20.2 Å². The van der Waals surface area contributed by atoms with E-state index in [1.807, 2.05) is 48.8 Å². The number of non-ortho nitro benzene ring substituents is 1. The van der Waals surface area contributed by atoms with Crippen LogP contribution < -0.4 is 9.13 Å². The molecule has 2 aromatic heterocycles. The van der Waals surface area contributed by atoms with E-state index in [0.717, 1.165) is 22.9 Å².